The van der Waals surface area contributed by atoms with Gasteiger partial charge in [-0.15, -0.1) is 23.1 Å². The van der Waals surface area contributed by atoms with Crippen molar-refractivity contribution in [2.24, 2.45) is 0 Å². The monoisotopic (exact) mass is 729 g/mol. The van der Waals surface area contributed by atoms with Gasteiger partial charge in [-0.1, -0.05) is 104 Å². The van der Waals surface area contributed by atoms with Crippen molar-refractivity contribution in [2.45, 2.75) is 27.2 Å². The molecule has 6 rings (SSSR count). The van der Waals surface area contributed by atoms with Crippen molar-refractivity contribution in [3.63, 3.8) is 0 Å². The summed E-state index contributed by atoms with van der Waals surface area (Å²) in [5.74, 6) is 0.0257. The summed E-state index contributed by atoms with van der Waals surface area (Å²) in [7, 11) is -7.64. The summed E-state index contributed by atoms with van der Waals surface area (Å²) in [5.41, 5.74) is 3.81. The minimum Gasteiger partial charge on any atom is -0.350 e. The van der Waals surface area contributed by atoms with E-state index in [9.17, 15) is 21.6 Å². The standard InChI is InChI=1S/C37H35N3O5S4/c1-2-25-48(42,43)33-21-20-31(40-49(44,45)34-19-12-23-46-34)35-30(33)26-32(39-35)36(41)38-22-24-47-37(27-13-6-3-7-14-27,28-15-8-4-9-16-28)29-17-10-5-11-18-29/h3-21,23,26,39-40H,2,22,24-25H2,1H3,(H,38,41). The van der Waals surface area contributed by atoms with Gasteiger partial charge in [-0.05, 0) is 52.8 Å². The zero-order chi connectivity index (χ0) is 34.5. The molecule has 49 heavy (non-hydrogen) atoms. The van der Waals surface area contributed by atoms with Crippen LogP contribution in [0.25, 0.3) is 10.9 Å². The number of sulfonamides is 1. The molecule has 4 aromatic carbocycles. The number of amides is 1. The van der Waals surface area contributed by atoms with Crippen molar-refractivity contribution < 1.29 is 21.6 Å². The molecule has 0 aliphatic heterocycles. The second kappa shape index (κ2) is 14.6. The Kier molecular flexibility index (Phi) is 10.3. The first-order valence-electron chi connectivity index (χ1n) is 15.7. The molecule has 8 nitrogen and oxygen atoms in total. The summed E-state index contributed by atoms with van der Waals surface area (Å²) < 4.78 is 54.7. The fraction of sp³-hybridized carbons (Fsp3) is 0.162. The Bertz CT molecular complexity index is 2160. The van der Waals surface area contributed by atoms with Crippen LogP contribution >= 0.6 is 23.1 Å². The summed E-state index contributed by atoms with van der Waals surface area (Å²) in [6.45, 7) is 2.08. The highest BCUT2D eigenvalue weighted by atomic mass is 32.2. The number of benzene rings is 4. The molecule has 6 aromatic rings. The highest BCUT2D eigenvalue weighted by molar-refractivity contribution is 8.00. The third kappa shape index (κ3) is 7.18. The van der Waals surface area contributed by atoms with Crippen LogP contribution in [0.4, 0.5) is 5.69 Å². The highest BCUT2D eigenvalue weighted by Gasteiger charge is 2.36. The molecule has 0 fully saturated rings. The predicted molar refractivity (Wildman–Crippen MR) is 200 cm³/mol. The Morgan fingerprint density at radius 1 is 0.796 bits per heavy atom. The summed E-state index contributed by atoms with van der Waals surface area (Å²) in [6.07, 6.45) is 0.405. The lowest BCUT2D eigenvalue weighted by molar-refractivity contribution is 0.0952. The van der Waals surface area contributed by atoms with Crippen LogP contribution in [0.15, 0.2) is 136 Å². The number of H-pyrrole nitrogens is 1. The van der Waals surface area contributed by atoms with Crippen LogP contribution in [0.5, 0.6) is 0 Å². The fourth-order valence-electron chi connectivity index (χ4n) is 5.89. The quantitative estimate of drug-likeness (QED) is 0.0781. The molecular formula is C37H35N3O5S4. The molecule has 0 radical (unpaired) electrons. The number of thioether (sulfide) groups is 1. The van der Waals surface area contributed by atoms with Gasteiger partial charge in [-0.2, -0.15) is 0 Å². The Labute approximate surface area is 295 Å². The van der Waals surface area contributed by atoms with Gasteiger partial charge in [0, 0.05) is 17.7 Å². The summed E-state index contributed by atoms with van der Waals surface area (Å²) in [4.78, 5) is 16.6. The maximum absolute atomic E-state index is 13.6. The minimum absolute atomic E-state index is 0.0349. The van der Waals surface area contributed by atoms with Crippen LogP contribution in [-0.2, 0) is 24.6 Å². The highest BCUT2D eigenvalue weighted by Crippen LogP contribution is 2.48. The molecule has 0 unspecified atom stereocenters. The maximum Gasteiger partial charge on any atom is 0.271 e. The summed E-state index contributed by atoms with van der Waals surface area (Å²) >= 11 is 2.77. The van der Waals surface area contributed by atoms with Gasteiger partial charge >= 0.3 is 0 Å². The predicted octanol–water partition coefficient (Wildman–Crippen LogP) is 7.67. The zero-order valence-electron chi connectivity index (χ0n) is 26.6. The molecule has 2 aromatic heterocycles. The maximum atomic E-state index is 13.6. The first-order valence-corrected chi connectivity index (χ1v) is 20.7. The molecule has 2 heterocycles. The van der Waals surface area contributed by atoms with Crippen LogP contribution in [0, 0.1) is 0 Å². The van der Waals surface area contributed by atoms with Gasteiger partial charge in [0.05, 0.1) is 26.6 Å². The fourth-order valence-corrected chi connectivity index (χ4v) is 10.9. The van der Waals surface area contributed by atoms with Gasteiger partial charge in [0.1, 0.15) is 9.90 Å². The number of fused-ring (bicyclic) bond motifs is 1. The van der Waals surface area contributed by atoms with Crippen molar-refractivity contribution in [1.82, 2.24) is 10.3 Å². The average Bonchev–Trinajstić information content (AvgIpc) is 3.82. The van der Waals surface area contributed by atoms with E-state index in [2.05, 4.69) is 51.4 Å². The Morgan fingerprint density at radius 2 is 1.39 bits per heavy atom. The molecule has 12 heteroatoms. The number of thiophene rings is 1. The normalized spacial score (nSPS) is 12.2. The number of carbonyl (C=O) groups excluding carboxylic acids is 1. The number of hydrogen-bond acceptors (Lipinski definition) is 7. The van der Waals surface area contributed by atoms with Crippen LogP contribution in [0.2, 0.25) is 0 Å². The molecule has 0 atom stereocenters. The molecule has 3 N–H and O–H groups in total. The first kappa shape index (κ1) is 34.5. The zero-order valence-corrected chi connectivity index (χ0v) is 29.9. The second-order valence-corrected chi connectivity index (χ2v) is 17.6. The smallest absolute Gasteiger partial charge is 0.271 e. The van der Waals surface area contributed by atoms with Gasteiger partial charge in [-0.25, -0.2) is 16.8 Å². The van der Waals surface area contributed by atoms with Crippen LogP contribution in [0.3, 0.4) is 0 Å². The number of nitrogens with one attached hydrogen (secondary N) is 3. The van der Waals surface area contributed by atoms with Crippen LogP contribution < -0.4 is 10.0 Å². The molecular weight excluding hydrogens is 695 g/mol. The van der Waals surface area contributed by atoms with Gasteiger partial charge < -0.3 is 10.3 Å². The molecule has 0 aliphatic carbocycles. The van der Waals surface area contributed by atoms with E-state index in [0.717, 1.165) is 28.0 Å². The minimum atomic E-state index is -3.94. The Morgan fingerprint density at radius 3 is 1.92 bits per heavy atom. The van der Waals surface area contributed by atoms with Crippen molar-refractivity contribution in [2.75, 3.05) is 22.8 Å². The SMILES string of the molecule is CCCS(=O)(=O)c1ccc(NS(=O)(=O)c2cccs2)c2[nH]c(C(=O)NCCSC(c3ccccc3)(c3ccccc3)c3ccccc3)cc12. The first-order chi connectivity index (χ1) is 23.7. The number of carbonyl (C=O) groups is 1. The summed E-state index contributed by atoms with van der Waals surface area (Å²) in [5, 5.41) is 4.89. The number of rotatable bonds is 14. The van der Waals surface area contributed by atoms with E-state index in [-0.39, 0.29) is 37.1 Å². The lowest BCUT2D eigenvalue weighted by Gasteiger charge is -2.35. The largest absolute Gasteiger partial charge is 0.350 e. The van der Waals surface area contributed by atoms with Crippen molar-refractivity contribution in [1.29, 1.82) is 0 Å². The third-order valence-electron chi connectivity index (χ3n) is 8.06. The van der Waals surface area contributed by atoms with E-state index >= 15 is 0 Å². The molecule has 0 saturated carbocycles. The number of hydrogen-bond donors (Lipinski definition) is 3. The lowest BCUT2D eigenvalue weighted by Crippen LogP contribution is -2.30. The average molecular weight is 730 g/mol. The van der Waals surface area contributed by atoms with Crippen molar-refractivity contribution in [3.8, 4) is 0 Å². The Balaban J connectivity index is 1.29. The molecule has 252 valence electrons. The molecule has 0 spiro atoms. The van der Waals surface area contributed by atoms with Gasteiger partial charge in [-0.3, -0.25) is 9.52 Å². The number of anilines is 1. The molecule has 0 aliphatic rings. The van der Waals surface area contributed by atoms with Crippen molar-refractivity contribution >= 4 is 65.5 Å². The molecule has 0 bridgehead atoms. The second-order valence-electron chi connectivity index (χ2n) is 11.3. The van der Waals surface area contributed by atoms with E-state index in [0.29, 0.717) is 18.7 Å². The van der Waals surface area contributed by atoms with E-state index in [1.54, 1.807) is 30.1 Å². The topological polar surface area (TPSA) is 125 Å². The molecule has 1 amide bonds. The Hall–Kier alpha value is -4.36. The van der Waals surface area contributed by atoms with Gasteiger partial charge in [0.15, 0.2) is 9.84 Å². The van der Waals surface area contributed by atoms with E-state index in [1.165, 1.54) is 24.3 Å². The van der Waals surface area contributed by atoms with Crippen LogP contribution in [-0.4, -0.2) is 45.8 Å². The van der Waals surface area contributed by atoms with E-state index in [4.69, 9.17) is 0 Å². The van der Waals surface area contributed by atoms with Gasteiger partial charge in [0.25, 0.3) is 15.9 Å². The van der Waals surface area contributed by atoms with Gasteiger partial charge in [0.2, 0.25) is 0 Å². The number of sulfone groups is 1. The number of aromatic amines is 1. The third-order valence-corrected chi connectivity index (χ3v) is 14.3. The van der Waals surface area contributed by atoms with E-state index < -0.39 is 30.5 Å². The van der Waals surface area contributed by atoms with E-state index in [1.807, 2.05) is 54.6 Å². The molecule has 0 saturated heterocycles. The number of aromatic nitrogens is 1. The van der Waals surface area contributed by atoms with Crippen molar-refractivity contribution in [3.05, 3.63) is 149 Å². The summed E-state index contributed by atoms with van der Waals surface area (Å²) in [6, 6.07) is 38.2. The lowest BCUT2D eigenvalue weighted by atomic mass is 9.84. The van der Waals surface area contributed by atoms with Crippen LogP contribution in [0.1, 0.15) is 40.5 Å².